The summed E-state index contributed by atoms with van der Waals surface area (Å²) in [5.41, 5.74) is 5.21. The van der Waals surface area contributed by atoms with Crippen molar-refractivity contribution in [3.8, 4) is 22.5 Å². The number of carbonyl (C=O) groups is 1. The first-order valence-electron chi connectivity index (χ1n) is 16.5. The van der Waals surface area contributed by atoms with Crippen LogP contribution in [0.4, 0.5) is 0 Å². The fraction of sp³-hybridized carbons (Fsp3) is 0.390. The minimum absolute atomic E-state index is 0. The molecule has 2 heterocycles. The molecule has 251 valence electrons. The van der Waals surface area contributed by atoms with Crippen molar-refractivity contribution in [2.75, 3.05) is 0 Å². The Labute approximate surface area is 294 Å². The molecule has 0 bridgehead atoms. The molecule has 0 unspecified atom stereocenters. The summed E-state index contributed by atoms with van der Waals surface area (Å²) >= 11 is 0. The Morgan fingerprint density at radius 2 is 1.38 bits per heavy atom. The predicted octanol–water partition coefficient (Wildman–Crippen LogP) is 11.5. The van der Waals surface area contributed by atoms with Crippen LogP contribution in [0.1, 0.15) is 93.6 Å². The van der Waals surface area contributed by atoms with Gasteiger partial charge < -0.3 is 9.52 Å². The number of furan rings is 1. The molecule has 5 aromatic rings. The van der Waals surface area contributed by atoms with Crippen LogP contribution in [0.15, 0.2) is 89.5 Å². The molecule has 2 aromatic heterocycles. The van der Waals surface area contributed by atoms with Crippen LogP contribution in [0.25, 0.3) is 44.3 Å². The summed E-state index contributed by atoms with van der Waals surface area (Å²) in [6.07, 6.45) is 8.14. The van der Waals surface area contributed by atoms with Crippen LogP contribution in [-0.2, 0) is 30.3 Å². The summed E-state index contributed by atoms with van der Waals surface area (Å²) in [5.74, 6) is 0.286. The number of carbonyl (C=O) groups excluding carboxylic acids is 1. The second-order valence-electron chi connectivity index (χ2n) is 13.8. The standard InChI is InChI=1S/C26H21N2O.C15H28O2.Ir/c1-26(2,3)22-13-18(12-17-8-4-5-9-19(17)22)23-14-24(28-16-27-23)21-15-29-25-11-7-6-10-20(21)25;1-7-14(5,8-2)12(16)11-13(17)15(6,9-3)10-4;/h4-11,13-16H,1-3H3;11,16H,7-10H2,1-6H3;/q-1;;/b;12-11-;. The molecule has 0 aliphatic heterocycles. The number of fused-ring (bicyclic) bond motifs is 2. The zero-order valence-corrected chi connectivity index (χ0v) is 31.7. The van der Waals surface area contributed by atoms with E-state index in [9.17, 15) is 9.90 Å². The van der Waals surface area contributed by atoms with Gasteiger partial charge in [-0.05, 0) is 43.2 Å². The third-order valence-electron chi connectivity index (χ3n) is 9.89. The zero-order chi connectivity index (χ0) is 33.7. The van der Waals surface area contributed by atoms with Gasteiger partial charge >= 0.3 is 0 Å². The van der Waals surface area contributed by atoms with E-state index in [1.807, 2.05) is 65.8 Å². The molecule has 5 rings (SSSR count). The molecule has 6 heteroatoms. The van der Waals surface area contributed by atoms with Crippen LogP contribution in [-0.4, -0.2) is 20.9 Å². The van der Waals surface area contributed by atoms with E-state index < -0.39 is 0 Å². The van der Waals surface area contributed by atoms with Gasteiger partial charge in [0.05, 0.1) is 5.69 Å². The summed E-state index contributed by atoms with van der Waals surface area (Å²) < 4.78 is 5.70. The number of hydrogen-bond donors (Lipinski definition) is 1. The number of ketones is 1. The van der Waals surface area contributed by atoms with E-state index in [4.69, 9.17) is 4.42 Å². The first-order chi connectivity index (χ1) is 21.8. The number of para-hydroxylation sites is 1. The molecule has 0 amide bonds. The van der Waals surface area contributed by atoms with E-state index in [-0.39, 0.29) is 47.9 Å². The van der Waals surface area contributed by atoms with Gasteiger partial charge in [0.25, 0.3) is 0 Å². The molecule has 0 saturated carbocycles. The van der Waals surface area contributed by atoms with Crippen LogP contribution in [0.3, 0.4) is 0 Å². The van der Waals surface area contributed by atoms with Crippen molar-refractivity contribution in [3.05, 3.63) is 96.7 Å². The molecule has 1 radical (unpaired) electrons. The maximum Gasteiger partial charge on any atom is 0.164 e. The van der Waals surface area contributed by atoms with Gasteiger partial charge in [0.2, 0.25) is 0 Å². The van der Waals surface area contributed by atoms with Crippen molar-refractivity contribution < 1.29 is 34.4 Å². The third kappa shape index (κ3) is 8.28. The minimum Gasteiger partial charge on any atom is -0.512 e. The molecule has 3 aromatic carbocycles. The van der Waals surface area contributed by atoms with Crippen molar-refractivity contribution in [1.82, 2.24) is 9.97 Å². The number of rotatable bonds is 9. The van der Waals surface area contributed by atoms with E-state index in [1.165, 1.54) is 17.0 Å². The molecular weight excluding hydrogens is 761 g/mol. The molecule has 0 fully saturated rings. The van der Waals surface area contributed by atoms with Crippen molar-refractivity contribution in [2.24, 2.45) is 10.8 Å². The third-order valence-corrected chi connectivity index (χ3v) is 9.89. The van der Waals surface area contributed by atoms with E-state index in [0.717, 1.165) is 64.6 Å². The molecule has 0 saturated heterocycles. The number of nitrogens with zero attached hydrogens (tertiary/aromatic N) is 2. The number of aliphatic hydroxyl groups is 1. The average Bonchev–Trinajstić information content (AvgIpc) is 3.51. The largest absolute Gasteiger partial charge is 0.512 e. The van der Waals surface area contributed by atoms with Gasteiger partial charge in [-0.3, -0.25) is 9.78 Å². The molecule has 0 atom stereocenters. The fourth-order valence-electron chi connectivity index (χ4n) is 5.50. The Hall–Kier alpha value is -3.60. The predicted molar refractivity (Wildman–Crippen MR) is 191 cm³/mol. The monoisotopic (exact) mass is 810 g/mol. The molecule has 1 N–H and O–H groups in total. The van der Waals surface area contributed by atoms with Crippen molar-refractivity contribution in [3.63, 3.8) is 0 Å². The van der Waals surface area contributed by atoms with E-state index in [1.54, 1.807) is 12.6 Å². The molecule has 5 nitrogen and oxygen atoms in total. The van der Waals surface area contributed by atoms with Crippen LogP contribution in [0, 0.1) is 16.9 Å². The second kappa shape index (κ2) is 15.5. The van der Waals surface area contributed by atoms with Crippen LogP contribution >= 0.6 is 0 Å². The minimum atomic E-state index is -0.337. The maximum absolute atomic E-state index is 12.2. The van der Waals surface area contributed by atoms with Crippen molar-refractivity contribution >= 4 is 27.5 Å². The second-order valence-corrected chi connectivity index (χ2v) is 13.8. The summed E-state index contributed by atoms with van der Waals surface area (Å²) in [6.45, 7) is 18.8. The fourth-order valence-corrected chi connectivity index (χ4v) is 5.50. The van der Waals surface area contributed by atoms with Crippen LogP contribution in [0.5, 0.6) is 0 Å². The van der Waals surface area contributed by atoms with E-state index in [2.05, 4.69) is 73.2 Å². The Kier molecular flexibility index (Phi) is 12.5. The number of benzene rings is 3. The Morgan fingerprint density at radius 1 is 0.809 bits per heavy atom. The number of aliphatic hydroxyl groups excluding tert-OH is 1. The number of aromatic nitrogens is 2. The normalized spacial score (nSPS) is 12.4. The quantitative estimate of drug-likeness (QED) is 0.0912. The molecule has 0 spiro atoms. The Balaban J connectivity index is 0.000000290. The summed E-state index contributed by atoms with van der Waals surface area (Å²) in [7, 11) is 0. The average molecular weight is 810 g/mol. The first kappa shape index (κ1) is 37.9. The summed E-state index contributed by atoms with van der Waals surface area (Å²) in [4.78, 5) is 21.2. The Bertz CT molecular complexity index is 1840. The maximum atomic E-state index is 12.2. The van der Waals surface area contributed by atoms with Gasteiger partial charge in [0.1, 0.15) is 23.9 Å². The van der Waals surface area contributed by atoms with Crippen molar-refractivity contribution in [1.29, 1.82) is 0 Å². The summed E-state index contributed by atoms with van der Waals surface area (Å²) in [5, 5.41) is 13.5. The smallest absolute Gasteiger partial charge is 0.164 e. The van der Waals surface area contributed by atoms with E-state index >= 15 is 0 Å². The first-order valence-corrected chi connectivity index (χ1v) is 16.5. The van der Waals surface area contributed by atoms with Gasteiger partial charge in [-0.25, -0.2) is 4.98 Å². The molecule has 0 aliphatic carbocycles. The number of allylic oxidation sites excluding steroid dienone is 2. The van der Waals surface area contributed by atoms with Crippen LogP contribution < -0.4 is 0 Å². The van der Waals surface area contributed by atoms with Gasteiger partial charge in [0, 0.05) is 53.7 Å². The van der Waals surface area contributed by atoms with E-state index in [0.29, 0.717) is 0 Å². The molecule has 0 aliphatic rings. The Morgan fingerprint density at radius 3 is 2.00 bits per heavy atom. The van der Waals surface area contributed by atoms with Crippen LogP contribution in [0.2, 0.25) is 0 Å². The van der Waals surface area contributed by atoms with Gasteiger partial charge in [-0.15, -0.1) is 29.1 Å². The summed E-state index contributed by atoms with van der Waals surface area (Å²) in [6, 6.07) is 24.2. The number of hydrogen-bond acceptors (Lipinski definition) is 5. The van der Waals surface area contributed by atoms with Gasteiger partial charge in [-0.1, -0.05) is 110 Å². The SMILES string of the molecule is CC(C)(C)c1cc(-c2cc(-c3coc4ccccc34)ncn2)[c-]c2ccccc12.CCC(C)(CC)C(=O)/C=C(\O)C(C)(CC)CC.[Ir]. The molecule has 47 heavy (non-hydrogen) atoms. The topological polar surface area (TPSA) is 76.2 Å². The zero-order valence-electron chi connectivity index (χ0n) is 29.3. The van der Waals surface area contributed by atoms with Gasteiger partial charge in [-0.2, -0.15) is 0 Å². The molecular formula is C41H49IrN2O3-. The van der Waals surface area contributed by atoms with Crippen molar-refractivity contribution in [2.45, 2.75) is 93.4 Å². The van der Waals surface area contributed by atoms with Gasteiger partial charge in [0.15, 0.2) is 5.78 Å².